The number of primary amides is 1. The number of nitrogens with one attached hydrogen (secondary N) is 1. The largest absolute Gasteiger partial charge is 0.493 e. The minimum Gasteiger partial charge on any atom is -0.493 e. The van der Waals surface area contributed by atoms with Crippen LogP contribution in [0.3, 0.4) is 0 Å². The minimum absolute atomic E-state index is 0.171. The van der Waals surface area contributed by atoms with Crippen LogP contribution in [-0.2, 0) is 9.59 Å². The molecule has 0 saturated heterocycles. The number of aryl methyl sites for hydroxylation is 2. The lowest BCUT2D eigenvalue weighted by atomic mass is 10.0. The van der Waals surface area contributed by atoms with Crippen LogP contribution in [0.1, 0.15) is 44.2 Å². The second-order valence-corrected chi connectivity index (χ2v) is 6.11. The van der Waals surface area contributed by atoms with Crippen LogP contribution in [0.5, 0.6) is 5.75 Å². The second-order valence-electron chi connectivity index (χ2n) is 6.11. The van der Waals surface area contributed by atoms with Gasteiger partial charge in [-0.05, 0) is 57.7 Å². The number of rotatable bonds is 8. The molecule has 1 rings (SSSR count). The van der Waals surface area contributed by atoms with Crippen molar-refractivity contribution in [1.29, 1.82) is 0 Å². The van der Waals surface area contributed by atoms with Gasteiger partial charge < -0.3 is 15.8 Å². The third-order valence-corrected chi connectivity index (χ3v) is 3.47. The van der Waals surface area contributed by atoms with Crippen LogP contribution in [0, 0.1) is 13.8 Å². The molecule has 1 aromatic carbocycles. The fourth-order valence-electron chi connectivity index (χ4n) is 1.91. The minimum atomic E-state index is -1.01. The van der Waals surface area contributed by atoms with Gasteiger partial charge in [0.1, 0.15) is 11.3 Å². The molecular weight excluding hydrogens is 280 g/mol. The highest BCUT2D eigenvalue weighted by Crippen LogP contribution is 2.19. The molecule has 0 aliphatic carbocycles. The Morgan fingerprint density at radius 2 is 1.91 bits per heavy atom. The van der Waals surface area contributed by atoms with Crippen molar-refractivity contribution < 1.29 is 14.3 Å². The maximum Gasteiger partial charge on any atom is 0.242 e. The molecule has 0 aromatic heterocycles. The first kappa shape index (κ1) is 18.0. The van der Waals surface area contributed by atoms with Crippen LogP contribution in [0.15, 0.2) is 18.2 Å². The normalized spacial score (nSPS) is 11.1. The molecule has 1 aromatic rings. The van der Waals surface area contributed by atoms with Gasteiger partial charge in [-0.2, -0.15) is 0 Å². The van der Waals surface area contributed by atoms with E-state index in [2.05, 4.69) is 5.32 Å². The van der Waals surface area contributed by atoms with Gasteiger partial charge in [-0.1, -0.05) is 12.1 Å². The summed E-state index contributed by atoms with van der Waals surface area (Å²) in [7, 11) is 0. The van der Waals surface area contributed by atoms with Crippen LogP contribution in [-0.4, -0.2) is 24.0 Å². The number of carbonyl (C=O) groups excluding carboxylic acids is 2. The van der Waals surface area contributed by atoms with Gasteiger partial charge in [0.15, 0.2) is 0 Å². The summed E-state index contributed by atoms with van der Waals surface area (Å²) in [6.07, 6.45) is 1.83. The Hall–Kier alpha value is -2.04. The SMILES string of the molecule is Cc1ccc(C)c(OCCCCC(=O)NC(C)(C)C(N)=O)c1. The highest BCUT2D eigenvalue weighted by atomic mass is 16.5. The van der Waals surface area contributed by atoms with Crippen LogP contribution >= 0.6 is 0 Å². The van der Waals surface area contributed by atoms with Gasteiger partial charge in [0, 0.05) is 6.42 Å². The Morgan fingerprint density at radius 1 is 1.23 bits per heavy atom. The number of ether oxygens (including phenoxy) is 1. The lowest BCUT2D eigenvalue weighted by molar-refractivity contribution is -0.130. The smallest absolute Gasteiger partial charge is 0.242 e. The Balaban J connectivity index is 2.27. The fraction of sp³-hybridized carbons (Fsp3) is 0.529. The standard InChI is InChI=1S/C17H26N2O3/c1-12-8-9-13(2)14(11-12)22-10-6-5-7-15(20)19-17(3,4)16(18)21/h8-9,11H,5-7,10H2,1-4H3,(H2,18,21)(H,19,20). The first-order valence-corrected chi connectivity index (χ1v) is 7.53. The molecule has 122 valence electrons. The van der Waals surface area contributed by atoms with E-state index in [4.69, 9.17) is 10.5 Å². The van der Waals surface area contributed by atoms with E-state index in [0.29, 0.717) is 19.4 Å². The topological polar surface area (TPSA) is 81.4 Å². The van der Waals surface area contributed by atoms with Crippen molar-refractivity contribution in [2.24, 2.45) is 5.73 Å². The summed E-state index contributed by atoms with van der Waals surface area (Å²) < 4.78 is 5.73. The Kier molecular flexibility index (Phi) is 6.40. The molecule has 0 saturated carbocycles. The van der Waals surface area contributed by atoms with Crippen molar-refractivity contribution >= 4 is 11.8 Å². The molecule has 0 fully saturated rings. The monoisotopic (exact) mass is 306 g/mol. The van der Waals surface area contributed by atoms with E-state index in [1.165, 1.54) is 0 Å². The van der Waals surface area contributed by atoms with Crippen molar-refractivity contribution in [2.75, 3.05) is 6.61 Å². The van der Waals surface area contributed by atoms with Crippen LogP contribution < -0.4 is 15.8 Å². The number of amides is 2. The van der Waals surface area contributed by atoms with Gasteiger partial charge >= 0.3 is 0 Å². The number of hydrogen-bond donors (Lipinski definition) is 2. The zero-order chi connectivity index (χ0) is 16.8. The van der Waals surface area contributed by atoms with E-state index in [9.17, 15) is 9.59 Å². The molecule has 0 spiro atoms. The lowest BCUT2D eigenvalue weighted by Gasteiger charge is -2.22. The average molecular weight is 306 g/mol. The summed E-state index contributed by atoms with van der Waals surface area (Å²) in [6, 6.07) is 6.09. The molecule has 2 amide bonds. The predicted octanol–water partition coefficient (Wildman–Crippen LogP) is 2.23. The Morgan fingerprint density at radius 3 is 2.55 bits per heavy atom. The second kappa shape index (κ2) is 7.82. The molecule has 5 heteroatoms. The van der Waals surface area contributed by atoms with Gasteiger partial charge in [-0.3, -0.25) is 9.59 Å². The number of nitrogens with two attached hydrogens (primary N) is 1. The molecule has 22 heavy (non-hydrogen) atoms. The van der Waals surface area contributed by atoms with E-state index in [1.54, 1.807) is 13.8 Å². The fourth-order valence-corrected chi connectivity index (χ4v) is 1.91. The van der Waals surface area contributed by atoms with Crippen molar-refractivity contribution in [2.45, 2.75) is 52.5 Å². The van der Waals surface area contributed by atoms with Crippen LogP contribution in [0.4, 0.5) is 0 Å². The first-order chi connectivity index (χ1) is 10.2. The zero-order valence-electron chi connectivity index (χ0n) is 13.9. The van der Waals surface area contributed by atoms with Gasteiger partial charge in [0.05, 0.1) is 6.61 Å². The van der Waals surface area contributed by atoms with Crippen LogP contribution in [0.2, 0.25) is 0 Å². The van der Waals surface area contributed by atoms with Crippen molar-refractivity contribution in [3.05, 3.63) is 29.3 Å². The number of benzene rings is 1. The van der Waals surface area contributed by atoms with Crippen molar-refractivity contribution in [1.82, 2.24) is 5.32 Å². The summed E-state index contributed by atoms with van der Waals surface area (Å²) in [4.78, 5) is 22.9. The molecule has 3 N–H and O–H groups in total. The van der Waals surface area contributed by atoms with E-state index >= 15 is 0 Å². The molecule has 0 heterocycles. The molecule has 0 unspecified atom stereocenters. The highest BCUT2D eigenvalue weighted by Gasteiger charge is 2.26. The van der Waals surface area contributed by atoms with Gasteiger partial charge in [-0.25, -0.2) is 0 Å². The van der Waals surface area contributed by atoms with Crippen molar-refractivity contribution in [3.63, 3.8) is 0 Å². The molecule has 0 radical (unpaired) electrons. The predicted molar refractivity (Wildman–Crippen MR) is 86.7 cm³/mol. The molecule has 5 nitrogen and oxygen atoms in total. The third kappa shape index (κ3) is 5.76. The van der Waals surface area contributed by atoms with E-state index < -0.39 is 11.4 Å². The molecule has 0 aliphatic heterocycles. The molecule has 0 atom stereocenters. The maximum absolute atomic E-state index is 11.7. The Bertz CT molecular complexity index is 539. The molecule has 0 bridgehead atoms. The van der Waals surface area contributed by atoms with Gasteiger partial charge in [0.25, 0.3) is 0 Å². The summed E-state index contributed by atoms with van der Waals surface area (Å²) in [5, 5.41) is 2.63. The average Bonchev–Trinajstić information content (AvgIpc) is 2.41. The van der Waals surface area contributed by atoms with E-state index in [1.807, 2.05) is 32.0 Å². The summed E-state index contributed by atoms with van der Waals surface area (Å²) in [5.41, 5.74) is 6.47. The summed E-state index contributed by atoms with van der Waals surface area (Å²) in [6.45, 7) is 7.79. The van der Waals surface area contributed by atoms with Crippen LogP contribution in [0.25, 0.3) is 0 Å². The van der Waals surface area contributed by atoms with Gasteiger partial charge in [-0.15, -0.1) is 0 Å². The highest BCUT2D eigenvalue weighted by molar-refractivity contribution is 5.89. The summed E-state index contributed by atoms with van der Waals surface area (Å²) >= 11 is 0. The van der Waals surface area contributed by atoms with E-state index in [0.717, 1.165) is 23.3 Å². The van der Waals surface area contributed by atoms with Gasteiger partial charge in [0.2, 0.25) is 11.8 Å². The molecular formula is C17H26N2O3. The number of carbonyl (C=O) groups is 2. The third-order valence-electron chi connectivity index (χ3n) is 3.47. The first-order valence-electron chi connectivity index (χ1n) is 7.53. The summed E-state index contributed by atoms with van der Waals surface area (Å²) in [5.74, 6) is 0.175. The van der Waals surface area contributed by atoms with E-state index in [-0.39, 0.29) is 5.91 Å². The Labute approximate surface area is 132 Å². The van der Waals surface area contributed by atoms with Crippen molar-refractivity contribution in [3.8, 4) is 5.75 Å². The number of hydrogen-bond acceptors (Lipinski definition) is 3. The maximum atomic E-state index is 11.7. The number of unbranched alkanes of at least 4 members (excludes halogenated alkanes) is 1. The zero-order valence-corrected chi connectivity index (χ0v) is 13.9. The molecule has 0 aliphatic rings. The quantitative estimate of drug-likeness (QED) is 0.723. The lowest BCUT2D eigenvalue weighted by Crippen LogP contribution is -2.52.